The van der Waals surface area contributed by atoms with Gasteiger partial charge in [-0.25, -0.2) is 0 Å². The van der Waals surface area contributed by atoms with Crippen LogP contribution in [0.4, 0.5) is 13.2 Å². The van der Waals surface area contributed by atoms with E-state index >= 15 is 0 Å². The molecule has 1 aromatic carbocycles. The van der Waals surface area contributed by atoms with Gasteiger partial charge >= 0.3 is 6.18 Å². The maximum atomic E-state index is 12.8. The molecular weight excluding hydrogens is 271 g/mol. The molecule has 0 aromatic heterocycles. The van der Waals surface area contributed by atoms with Crippen molar-refractivity contribution in [3.63, 3.8) is 0 Å². The number of aryl methyl sites for hydroxylation is 1. The van der Waals surface area contributed by atoms with Crippen molar-refractivity contribution in [3.8, 4) is 0 Å². The Morgan fingerprint density at radius 3 is 2.35 bits per heavy atom. The van der Waals surface area contributed by atoms with Crippen LogP contribution in [0.1, 0.15) is 24.1 Å². The second-order valence-electron chi connectivity index (χ2n) is 4.66. The molecule has 0 aliphatic rings. The summed E-state index contributed by atoms with van der Waals surface area (Å²) < 4.78 is 38.3. The molecule has 0 saturated carbocycles. The Morgan fingerprint density at radius 1 is 1.35 bits per heavy atom. The number of amidine groups is 1. The lowest BCUT2D eigenvalue weighted by molar-refractivity contribution is -0.155. The highest BCUT2D eigenvalue weighted by atomic mass is 19.4. The Labute approximate surface area is 115 Å². The van der Waals surface area contributed by atoms with Crippen molar-refractivity contribution < 1.29 is 18.4 Å². The number of hydrogen-bond acceptors (Lipinski definition) is 3. The van der Waals surface area contributed by atoms with Gasteiger partial charge in [-0.15, -0.1) is 0 Å². The zero-order valence-electron chi connectivity index (χ0n) is 11.3. The zero-order chi connectivity index (χ0) is 15.3. The first kappa shape index (κ1) is 16.3. The van der Waals surface area contributed by atoms with E-state index in [1.54, 1.807) is 6.92 Å². The highest BCUT2D eigenvalue weighted by molar-refractivity contribution is 5.83. The van der Waals surface area contributed by atoms with Gasteiger partial charge < -0.3 is 16.3 Å². The minimum atomic E-state index is -4.56. The lowest BCUT2D eigenvalue weighted by Gasteiger charge is -2.22. The topological polar surface area (TPSA) is 70.6 Å². The molecule has 0 radical (unpaired) electrons. The Hall–Kier alpha value is -1.76. The molecule has 0 spiro atoms. The molecule has 1 aromatic rings. The first-order valence-electron chi connectivity index (χ1n) is 6.09. The molecule has 0 amide bonds. The maximum absolute atomic E-state index is 12.8. The van der Waals surface area contributed by atoms with Crippen LogP contribution in [0, 0.1) is 12.8 Å². The second-order valence-corrected chi connectivity index (χ2v) is 4.66. The van der Waals surface area contributed by atoms with Gasteiger partial charge in [0, 0.05) is 12.6 Å². The third kappa shape index (κ3) is 4.41. The van der Waals surface area contributed by atoms with Crippen LogP contribution in [-0.2, 0) is 0 Å². The van der Waals surface area contributed by atoms with E-state index in [1.165, 1.54) is 0 Å². The van der Waals surface area contributed by atoms with Gasteiger partial charge in [0.1, 0.15) is 5.92 Å². The first-order chi connectivity index (χ1) is 9.25. The third-order valence-corrected chi connectivity index (χ3v) is 3.07. The molecule has 0 saturated heterocycles. The number of alkyl halides is 3. The molecule has 4 nitrogen and oxygen atoms in total. The Kier molecular flexibility index (Phi) is 5.38. The summed E-state index contributed by atoms with van der Waals surface area (Å²) in [5, 5.41) is 13.6. The smallest absolute Gasteiger partial charge is 0.400 e. The standard InChI is InChI=1S/C13H18F3N3O/c1-8-3-5-10(6-4-8)9(2)18-7-11(12(17)19-20)13(14,15)16/h3-6,9,11,18,20H,7H2,1-2H3,(H2,17,19)/t9-,11?/m1/s1. The summed E-state index contributed by atoms with van der Waals surface area (Å²) in [5.74, 6) is -2.86. The molecule has 20 heavy (non-hydrogen) atoms. The van der Waals surface area contributed by atoms with Crippen LogP contribution in [0.5, 0.6) is 0 Å². The van der Waals surface area contributed by atoms with Crippen molar-refractivity contribution in [1.29, 1.82) is 0 Å². The van der Waals surface area contributed by atoms with Crippen LogP contribution in [0.15, 0.2) is 29.4 Å². The predicted molar refractivity (Wildman–Crippen MR) is 70.6 cm³/mol. The molecule has 0 bridgehead atoms. The summed E-state index contributed by atoms with van der Waals surface area (Å²) in [4.78, 5) is 0. The van der Waals surface area contributed by atoms with Gasteiger partial charge in [0.2, 0.25) is 0 Å². The van der Waals surface area contributed by atoms with Gasteiger partial charge in [-0.3, -0.25) is 0 Å². The van der Waals surface area contributed by atoms with Gasteiger partial charge in [0.15, 0.2) is 5.84 Å². The van der Waals surface area contributed by atoms with Gasteiger partial charge in [-0.1, -0.05) is 35.0 Å². The molecule has 1 unspecified atom stereocenters. The van der Waals surface area contributed by atoms with Gasteiger partial charge in [-0.2, -0.15) is 13.2 Å². The molecule has 0 aliphatic heterocycles. The Bertz CT molecular complexity index is 457. The lowest BCUT2D eigenvalue weighted by atomic mass is 10.0. The fourth-order valence-corrected chi connectivity index (χ4v) is 1.73. The van der Waals surface area contributed by atoms with E-state index in [0.717, 1.165) is 11.1 Å². The largest absolute Gasteiger partial charge is 0.409 e. The van der Waals surface area contributed by atoms with Crippen LogP contribution in [-0.4, -0.2) is 23.8 Å². The molecule has 4 N–H and O–H groups in total. The first-order valence-corrected chi connectivity index (χ1v) is 6.09. The van der Waals surface area contributed by atoms with E-state index < -0.39 is 24.5 Å². The molecule has 1 rings (SSSR count). The fourth-order valence-electron chi connectivity index (χ4n) is 1.73. The molecular formula is C13H18F3N3O. The number of nitrogens with two attached hydrogens (primary N) is 1. The van der Waals surface area contributed by atoms with Crippen molar-refractivity contribution in [2.24, 2.45) is 16.8 Å². The quantitative estimate of drug-likeness (QED) is 0.338. The van der Waals surface area contributed by atoms with Crippen molar-refractivity contribution in [1.82, 2.24) is 5.32 Å². The van der Waals surface area contributed by atoms with E-state index in [1.807, 2.05) is 31.2 Å². The molecule has 0 heterocycles. The number of nitrogens with zero attached hydrogens (tertiary/aromatic N) is 1. The SMILES string of the molecule is Cc1ccc([C@@H](C)NCC(/C(N)=N/O)C(F)(F)F)cc1. The van der Waals surface area contributed by atoms with Crippen molar-refractivity contribution in [3.05, 3.63) is 35.4 Å². The van der Waals surface area contributed by atoms with Gasteiger partial charge in [0.05, 0.1) is 0 Å². The van der Waals surface area contributed by atoms with Crippen LogP contribution in [0.3, 0.4) is 0 Å². The van der Waals surface area contributed by atoms with Crippen LogP contribution < -0.4 is 11.1 Å². The Balaban J connectivity index is 2.70. The number of oxime groups is 1. The Morgan fingerprint density at radius 2 is 1.90 bits per heavy atom. The lowest BCUT2D eigenvalue weighted by Crippen LogP contribution is -2.43. The minimum Gasteiger partial charge on any atom is -0.409 e. The number of nitrogens with one attached hydrogen (secondary N) is 1. The molecule has 2 atom stereocenters. The summed E-state index contributed by atoms with van der Waals surface area (Å²) in [7, 11) is 0. The van der Waals surface area contributed by atoms with E-state index in [0.29, 0.717) is 0 Å². The summed E-state index contributed by atoms with van der Waals surface area (Å²) in [6.45, 7) is 3.23. The van der Waals surface area contributed by atoms with Crippen molar-refractivity contribution in [2.45, 2.75) is 26.1 Å². The van der Waals surface area contributed by atoms with Gasteiger partial charge in [0.25, 0.3) is 0 Å². The minimum absolute atomic E-state index is 0.271. The predicted octanol–water partition coefficient (Wildman–Crippen LogP) is 2.57. The van der Waals surface area contributed by atoms with Crippen molar-refractivity contribution >= 4 is 5.84 Å². The monoisotopic (exact) mass is 289 g/mol. The highest BCUT2D eigenvalue weighted by Gasteiger charge is 2.42. The molecule has 0 aliphatic carbocycles. The average Bonchev–Trinajstić information content (AvgIpc) is 2.37. The van der Waals surface area contributed by atoms with Crippen LogP contribution in [0.2, 0.25) is 0 Å². The summed E-state index contributed by atoms with van der Waals surface area (Å²) in [6, 6.07) is 7.20. The van der Waals surface area contributed by atoms with E-state index in [9.17, 15) is 13.2 Å². The fraction of sp³-hybridized carbons (Fsp3) is 0.462. The number of rotatable bonds is 5. The molecule has 112 valence electrons. The molecule has 7 heteroatoms. The van der Waals surface area contributed by atoms with Gasteiger partial charge in [-0.05, 0) is 19.4 Å². The normalized spacial score (nSPS) is 15.9. The maximum Gasteiger partial charge on any atom is 0.400 e. The highest BCUT2D eigenvalue weighted by Crippen LogP contribution is 2.26. The van der Waals surface area contributed by atoms with Crippen LogP contribution >= 0.6 is 0 Å². The molecule has 0 fully saturated rings. The van der Waals surface area contributed by atoms with E-state index in [-0.39, 0.29) is 6.04 Å². The number of hydrogen-bond donors (Lipinski definition) is 3. The van der Waals surface area contributed by atoms with E-state index in [2.05, 4.69) is 10.5 Å². The van der Waals surface area contributed by atoms with E-state index in [4.69, 9.17) is 10.9 Å². The number of halogens is 3. The summed E-state index contributed by atoms with van der Waals surface area (Å²) >= 11 is 0. The zero-order valence-corrected chi connectivity index (χ0v) is 11.3. The second kappa shape index (κ2) is 6.60. The summed E-state index contributed by atoms with van der Waals surface area (Å²) in [6.07, 6.45) is -4.56. The third-order valence-electron chi connectivity index (χ3n) is 3.07. The average molecular weight is 289 g/mol. The van der Waals surface area contributed by atoms with Crippen LogP contribution in [0.25, 0.3) is 0 Å². The number of benzene rings is 1. The summed E-state index contributed by atoms with van der Waals surface area (Å²) in [5.41, 5.74) is 7.03. The van der Waals surface area contributed by atoms with Crippen molar-refractivity contribution in [2.75, 3.05) is 6.54 Å².